The van der Waals surface area contributed by atoms with Crippen LogP contribution in [0.15, 0.2) is 49.2 Å². The number of hydrazine groups is 1. The minimum absolute atomic E-state index is 0.279. The van der Waals surface area contributed by atoms with Crippen LogP contribution in [0.1, 0.15) is 32.2 Å². The van der Waals surface area contributed by atoms with Gasteiger partial charge in [0.2, 0.25) is 0 Å². The van der Waals surface area contributed by atoms with Crippen LogP contribution in [0, 0.1) is 0 Å². The predicted octanol–water partition coefficient (Wildman–Crippen LogP) is 2.86. The molecule has 0 radical (unpaired) electrons. The highest BCUT2D eigenvalue weighted by Crippen LogP contribution is 2.32. The average Bonchev–Trinajstić information content (AvgIpc) is 3.48. The summed E-state index contributed by atoms with van der Waals surface area (Å²) in [5, 5.41) is 22.5. The van der Waals surface area contributed by atoms with Crippen LogP contribution in [-0.2, 0) is 10.0 Å². The summed E-state index contributed by atoms with van der Waals surface area (Å²) in [7, 11) is -3.51. The summed E-state index contributed by atoms with van der Waals surface area (Å²) in [6.07, 6.45) is 9.15. The Hall–Kier alpha value is -4.02. The molecule has 0 unspecified atom stereocenters. The van der Waals surface area contributed by atoms with Crippen LogP contribution in [0.4, 0.5) is 26.1 Å². The number of hydrogen-bond acceptors (Lipinski definition) is 11. The molecule has 4 aromatic rings. The number of piperidine rings is 1. The van der Waals surface area contributed by atoms with Gasteiger partial charge in [-0.25, -0.2) is 33.1 Å². The number of alkyl halides is 2. The fourth-order valence-corrected chi connectivity index (χ4v) is 5.81. The molecular weight excluding hydrogens is 546 g/mol. The van der Waals surface area contributed by atoms with E-state index in [0.717, 1.165) is 4.09 Å². The first-order chi connectivity index (χ1) is 19.3. The fourth-order valence-electron chi connectivity index (χ4n) is 4.34. The van der Waals surface area contributed by atoms with Gasteiger partial charge >= 0.3 is 6.55 Å². The van der Waals surface area contributed by atoms with E-state index < -0.39 is 21.8 Å². The number of aliphatic hydroxyl groups is 1. The van der Waals surface area contributed by atoms with Crippen LogP contribution >= 0.6 is 0 Å². The van der Waals surface area contributed by atoms with Gasteiger partial charge in [-0.3, -0.25) is 0 Å². The Kier molecular flexibility index (Phi) is 6.89. The largest absolute Gasteiger partial charge is 0.393 e. The van der Waals surface area contributed by atoms with E-state index in [1.165, 1.54) is 37.1 Å². The summed E-state index contributed by atoms with van der Waals surface area (Å²) in [5.41, 5.74) is 5.17. The molecule has 0 aromatic carbocycles. The number of nitrogens with one attached hydrogen (secondary N) is 2. The molecule has 3 N–H and O–H groups in total. The predicted molar refractivity (Wildman–Crippen MR) is 141 cm³/mol. The molecule has 1 aliphatic carbocycles. The van der Waals surface area contributed by atoms with E-state index in [1.807, 2.05) is 5.01 Å². The first kappa shape index (κ1) is 26.2. The quantitative estimate of drug-likeness (QED) is 0.271. The Morgan fingerprint density at radius 1 is 1.05 bits per heavy atom. The summed E-state index contributed by atoms with van der Waals surface area (Å²) in [5.74, 6) is 1.09. The number of halogens is 2. The van der Waals surface area contributed by atoms with E-state index in [1.54, 1.807) is 12.1 Å². The molecular formula is C24H26F2N10O3S. The van der Waals surface area contributed by atoms with Gasteiger partial charge in [0.05, 0.1) is 40.7 Å². The molecule has 1 saturated carbocycles. The highest BCUT2D eigenvalue weighted by atomic mass is 32.2. The molecule has 4 aromatic heterocycles. The van der Waals surface area contributed by atoms with Crippen LogP contribution in [-0.4, -0.2) is 76.9 Å². The molecule has 2 aliphatic rings. The third-order valence-corrected chi connectivity index (χ3v) is 8.70. The number of nitrogens with zero attached hydrogens (tertiary/aromatic N) is 8. The van der Waals surface area contributed by atoms with Crippen molar-refractivity contribution in [3.05, 3.63) is 49.2 Å². The molecule has 6 rings (SSSR count). The third kappa shape index (κ3) is 5.50. The van der Waals surface area contributed by atoms with Crippen molar-refractivity contribution in [2.75, 3.05) is 23.8 Å². The number of aromatic nitrogens is 7. The van der Waals surface area contributed by atoms with Crippen LogP contribution in [0.5, 0.6) is 0 Å². The first-order valence-corrected chi connectivity index (χ1v) is 14.2. The topological polar surface area (TPSA) is 156 Å². The van der Waals surface area contributed by atoms with Crippen molar-refractivity contribution < 1.29 is 22.3 Å². The van der Waals surface area contributed by atoms with E-state index in [2.05, 4.69) is 35.9 Å². The van der Waals surface area contributed by atoms with Gasteiger partial charge in [-0.05, 0) is 37.8 Å². The van der Waals surface area contributed by atoms with E-state index in [0.29, 0.717) is 77.6 Å². The van der Waals surface area contributed by atoms with Crippen molar-refractivity contribution in [2.24, 2.45) is 0 Å². The number of pyridine rings is 1. The van der Waals surface area contributed by atoms with Crippen LogP contribution < -0.4 is 10.7 Å². The van der Waals surface area contributed by atoms with Gasteiger partial charge < -0.3 is 15.8 Å². The highest BCUT2D eigenvalue weighted by Gasteiger charge is 2.37. The summed E-state index contributed by atoms with van der Waals surface area (Å²) in [6, 6.07) is 4.83. The molecule has 0 amide bonds. The van der Waals surface area contributed by atoms with Gasteiger partial charge in [0, 0.05) is 43.3 Å². The van der Waals surface area contributed by atoms with Gasteiger partial charge in [0.1, 0.15) is 11.6 Å². The van der Waals surface area contributed by atoms with Crippen LogP contribution in [0.25, 0.3) is 22.6 Å². The standard InChI is InChI=1S/C24H26F2N10O3S/c25-24(26)35-10-6-19(33-35)18-13-28-22(11-20(18)32-34-8-4-16(37)5-9-34)30-21-3-7-27-23(31-21)15-12-29-36(14-15)40(38,39)17-1-2-17/h3,6-7,10-14,16-17,24,37H,1-2,4-5,8-9H2,(H2,27,28,30,31,32). The highest BCUT2D eigenvalue weighted by molar-refractivity contribution is 7.90. The molecule has 0 bridgehead atoms. The second-order valence-corrected chi connectivity index (χ2v) is 11.7. The number of anilines is 3. The minimum atomic E-state index is -3.51. The number of hydrogen-bond donors (Lipinski definition) is 3. The molecule has 5 heterocycles. The van der Waals surface area contributed by atoms with Crippen molar-refractivity contribution in [1.82, 2.24) is 38.9 Å². The molecule has 1 saturated heterocycles. The Labute approximate surface area is 227 Å². The molecule has 210 valence electrons. The maximum absolute atomic E-state index is 13.1. The average molecular weight is 573 g/mol. The maximum atomic E-state index is 13.1. The van der Waals surface area contributed by atoms with Crippen molar-refractivity contribution in [2.45, 2.75) is 43.6 Å². The second-order valence-electron chi connectivity index (χ2n) is 9.64. The fraction of sp³-hybridized carbons (Fsp3) is 0.375. The molecule has 0 atom stereocenters. The molecule has 16 heteroatoms. The van der Waals surface area contributed by atoms with Gasteiger partial charge in [0.15, 0.2) is 5.82 Å². The monoisotopic (exact) mass is 572 g/mol. The Morgan fingerprint density at radius 3 is 2.58 bits per heavy atom. The van der Waals surface area contributed by atoms with Crippen molar-refractivity contribution in [1.29, 1.82) is 0 Å². The SMILES string of the molecule is O=S(=O)(C1CC1)n1cc(-c2nccc(Nc3cc(NN4CCC(O)CC4)c(-c4ccn(C(F)F)n4)cn3)n2)cn1. The summed E-state index contributed by atoms with van der Waals surface area (Å²) < 4.78 is 52.8. The second kappa shape index (κ2) is 10.5. The van der Waals surface area contributed by atoms with Crippen molar-refractivity contribution in [3.8, 4) is 22.6 Å². The minimum Gasteiger partial charge on any atom is -0.393 e. The molecule has 13 nitrogen and oxygen atoms in total. The molecule has 1 aliphatic heterocycles. The van der Waals surface area contributed by atoms with Gasteiger partial charge in [0.25, 0.3) is 10.0 Å². The van der Waals surface area contributed by atoms with Gasteiger partial charge in [-0.15, -0.1) is 0 Å². The zero-order valence-corrected chi connectivity index (χ0v) is 21.9. The Bertz CT molecular complexity index is 1610. The van der Waals surface area contributed by atoms with E-state index in [9.17, 15) is 22.3 Å². The molecule has 0 spiro atoms. The lowest BCUT2D eigenvalue weighted by molar-refractivity contribution is 0.0568. The maximum Gasteiger partial charge on any atom is 0.333 e. The Morgan fingerprint density at radius 2 is 1.85 bits per heavy atom. The number of aliphatic hydroxyl groups excluding tert-OH is 1. The lowest BCUT2D eigenvalue weighted by Gasteiger charge is -2.31. The number of rotatable bonds is 9. The lowest BCUT2D eigenvalue weighted by Crippen LogP contribution is -2.39. The lowest BCUT2D eigenvalue weighted by atomic mass is 10.1. The van der Waals surface area contributed by atoms with E-state index in [4.69, 9.17) is 0 Å². The first-order valence-electron chi connectivity index (χ1n) is 12.7. The van der Waals surface area contributed by atoms with Crippen molar-refractivity contribution in [3.63, 3.8) is 0 Å². The van der Waals surface area contributed by atoms with E-state index >= 15 is 0 Å². The summed E-state index contributed by atoms with van der Waals surface area (Å²) in [6.45, 7) is -1.58. The zero-order chi connectivity index (χ0) is 27.9. The third-order valence-electron chi connectivity index (χ3n) is 6.67. The van der Waals surface area contributed by atoms with Crippen molar-refractivity contribution >= 4 is 27.3 Å². The zero-order valence-electron chi connectivity index (χ0n) is 21.1. The van der Waals surface area contributed by atoms with E-state index in [-0.39, 0.29) is 11.9 Å². The molecule has 40 heavy (non-hydrogen) atoms. The van der Waals surface area contributed by atoms with Gasteiger partial charge in [-0.1, -0.05) is 0 Å². The van der Waals surface area contributed by atoms with Crippen LogP contribution in [0.2, 0.25) is 0 Å². The summed E-state index contributed by atoms with van der Waals surface area (Å²) in [4.78, 5) is 13.2. The Balaban J connectivity index is 1.26. The van der Waals surface area contributed by atoms with Crippen LogP contribution in [0.3, 0.4) is 0 Å². The molecule has 2 fully saturated rings. The normalized spacial score (nSPS) is 16.9. The van der Waals surface area contributed by atoms with Gasteiger partial charge in [-0.2, -0.15) is 23.1 Å². The summed E-state index contributed by atoms with van der Waals surface area (Å²) >= 11 is 0. The smallest absolute Gasteiger partial charge is 0.333 e.